The molecule has 16 heavy (non-hydrogen) atoms. The Labute approximate surface area is 94.5 Å². The van der Waals surface area contributed by atoms with Crippen molar-refractivity contribution in [2.45, 2.75) is 31.2 Å². The van der Waals surface area contributed by atoms with Crippen molar-refractivity contribution in [1.82, 2.24) is 14.8 Å². The molecule has 1 aliphatic rings. The second-order valence-corrected chi connectivity index (χ2v) is 4.83. The summed E-state index contributed by atoms with van der Waals surface area (Å²) in [5.41, 5.74) is 8.45. The van der Waals surface area contributed by atoms with E-state index in [9.17, 15) is 0 Å². The average Bonchev–Trinajstić information content (AvgIpc) is 2.94. The smallest absolute Gasteiger partial charge is 0.0865 e. The van der Waals surface area contributed by atoms with Crippen LogP contribution < -0.4 is 5.73 Å². The fraction of sp³-hybridized carbons (Fsp3) is 0.500. The van der Waals surface area contributed by atoms with Crippen molar-refractivity contribution in [3.63, 3.8) is 0 Å². The first kappa shape index (κ1) is 9.78. The van der Waals surface area contributed by atoms with Crippen LogP contribution in [0.25, 0.3) is 10.9 Å². The SMILES string of the molecule is Cn1nc(CCC2(N)CC2)c2ccncc21. The van der Waals surface area contributed by atoms with Gasteiger partial charge < -0.3 is 5.73 Å². The summed E-state index contributed by atoms with van der Waals surface area (Å²) >= 11 is 0. The van der Waals surface area contributed by atoms with Gasteiger partial charge in [-0.15, -0.1) is 0 Å². The van der Waals surface area contributed by atoms with Gasteiger partial charge >= 0.3 is 0 Å². The van der Waals surface area contributed by atoms with E-state index >= 15 is 0 Å². The van der Waals surface area contributed by atoms with Gasteiger partial charge in [0.15, 0.2) is 0 Å². The van der Waals surface area contributed by atoms with Crippen molar-refractivity contribution in [2.24, 2.45) is 12.8 Å². The molecule has 2 heterocycles. The summed E-state index contributed by atoms with van der Waals surface area (Å²) in [7, 11) is 1.96. The lowest BCUT2D eigenvalue weighted by molar-refractivity contribution is 0.599. The monoisotopic (exact) mass is 216 g/mol. The maximum Gasteiger partial charge on any atom is 0.0865 e. The zero-order valence-corrected chi connectivity index (χ0v) is 9.48. The van der Waals surface area contributed by atoms with Crippen LogP contribution in [0, 0.1) is 0 Å². The van der Waals surface area contributed by atoms with E-state index in [0.29, 0.717) is 0 Å². The van der Waals surface area contributed by atoms with Crippen molar-refractivity contribution in [3.8, 4) is 0 Å². The van der Waals surface area contributed by atoms with Gasteiger partial charge in [-0.25, -0.2) is 0 Å². The molecule has 2 N–H and O–H groups in total. The highest BCUT2D eigenvalue weighted by molar-refractivity contribution is 5.80. The lowest BCUT2D eigenvalue weighted by Gasteiger charge is -2.05. The van der Waals surface area contributed by atoms with Crippen molar-refractivity contribution in [3.05, 3.63) is 24.2 Å². The van der Waals surface area contributed by atoms with Gasteiger partial charge in [-0.3, -0.25) is 9.67 Å². The van der Waals surface area contributed by atoms with E-state index in [0.717, 1.165) is 24.1 Å². The second-order valence-electron chi connectivity index (χ2n) is 4.83. The number of nitrogens with two attached hydrogens (primary N) is 1. The zero-order chi connectivity index (χ0) is 11.2. The first-order chi connectivity index (χ1) is 7.68. The van der Waals surface area contributed by atoms with Gasteiger partial charge in [0.2, 0.25) is 0 Å². The third-order valence-electron chi connectivity index (χ3n) is 3.48. The Bertz CT molecular complexity index is 525. The molecule has 4 nitrogen and oxygen atoms in total. The van der Waals surface area contributed by atoms with Crippen LogP contribution in [0.2, 0.25) is 0 Å². The van der Waals surface area contributed by atoms with Gasteiger partial charge in [-0.2, -0.15) is 5.10 Å². The number of aromatic nitrogens is 3. The highest BCUT2D eigenvalue weighted by Crippen LogP contribution is 2.36. The molecule has 3 rings (SSSR count). The summed E-state index contributed by atoms with van der Waals surface area (Å²) in [6.45, 7) is 0. The zero-order valence-electron chi connectivity index (χ0n) is 9.48. The summed E-state index contributed by atoms with van der Waals surface area (Å²) in [4.78, 5) is 4.12. The molecule has 0 saturated heterocycles. The van der Waals surface area contributed by atoms with E-state index in [4.69, 9.17) is 5.73 Å². The molecule has 0 radical (unpaired) electrons. The van der Waals surface area contributed by atoms with Gasteiger partial charge in [-0.1, -0.05) is 0 Å². The molecule has 4 heteroatoms. The van der Waals surface area contributed by atoms with E-state index in [1.807, 2.05) is 30.2 Å². The Morgan fingerprint density at radius 3 is 3.06 bits per heavy atom. The molecule has 84 valence electrons. The Hall–Kier alpha value is -1.42. The lowest BCUT2D eigenvalue weighted by Crippen LogP contribution is -2.22. The van der Waals surface area contributed by atoms with Crippen LogP contribution >= 0.6 is 0 Å². The van der Waals surface area contributed by atoms with Crippen LogP contribution in [0.15, 0.2) is 18.5 Å². The molecule has 0 aliphatic heterocycles. The Morgan fingerprint density at radius 1 is 1.50 bits per heavy atom. The van der Waals surface area contributed by atoms with E-state index in [2.05, 4.69) is 10.1 Å². The average molecular weight is 216 g/mol. The number of nitrogens with zero attached hydrogens (tertiary/aromatic N) is 3. The minimum atomic E-state index is 0.108. The number of aryl methyl sites for hydroxylation is 2. The Kier molecular flexibility index (Phi) is 2.01. The first-order valence-corrected chi connectivity index (χ1v) is 5.72. The molecule has 0 spiro atoms. The van der Waals surface area contributed by atoms with Gasteiger partial charge in [0.25, 0.3) is 0 Å². The Morgan fingerprint density at radius 2 is 2.31 bits per heavy atom. The minimum absolute atomic E-state index is 0.108. The van der Waals surface area contributed by atoms with Crippen LogP contribution in [0.1, 0.15) is 25.0 Å². The predicted molar refractivity (Wildman–Crippen MR) is 63.0 cm³/mol. The normalized spacial score (nSPS) is 17.9. The molecule has 2 aromatic rings. The van der Waals surface area contributed by atoms with Gasteiger partial charge in [-0.05, 0) is 31.7 Å². The molecule has 0 amide bonds. The molecule has 0 bridgehead atoms. The van der Waals surface area contributed by atoms with Crippen molar-refractivity contribution >= 4 is 10.9 Å². The van der Waals surface area contributed by atoms with E-state index in [-0.39, 0.29) is 5.54 Å². The molecule has 1 fully saturated rings. The topological polar surface area (TPSA) is 56.7 Å². The number of rotatable bonds is 3. The molecule has 2 aromatic heterocycles. The van der Waals surface area contributed by atoms with Crippen LogP contribution in [0.4, 0.5) is 0 Å². The minimum Gasteiger partial charge on any atom is -0.325 e. The fourth-order valence-corrected chi connectivity index (χ4v) is 2.14. The summed E-state index contributed by atoms with van der Waals surface area (Å²) in [6, 6.07) is 2.04. The third-order valence-corrected chi connectivity index (χ3v) is 3.48. The van der Waals surface area contributed by atoms with Gasteiger partial charge in [0, 0.05) is 24.2 Å². The summed E-state index contributed by atoms with van der Waals surface area (Å²) < 4.78 is 1.90. The Balaban J connectivity index is 1.91. The molecule has 0 aromatic carbocycles. The van der Waals surface area contributed by atoms with Crippen molar-refractivity contribution in [1.29, 1.82) is 0 Å². The van der Waals surface area contributed by atoms with E-state index in [1.165, 1.54) is 18.2 Å². The number of hydrogen-bond acceptors (Lipinski definition) is 3. The quantitative estimate of drug-likeness (QED) is 0.843. The predicted octanol–water partition coefficient (Wildman–Crippen LogP) is 1.39. The maximum atomic E-state index is 6.10. The summed E-state index contributed by atoms with van der Waals surface area (Å²) in [5, 5.41) is 5.75. The standard InChI is InChI=1S/C12H16N4/c1-16-11-8-14-7-3-9(11)10(15-16)2-4-12(13)5-6-12/h3,7-8H,2,4-6,13H2,1H3. The molecule has 1 saturated carbocycles. The third kappa shape index (κ3) is 1.59. The van der Waals surface area contributed by atoms with Crippen LogP contribution in [-0.4, -0.2) is 20.3 Å². The summed E-state index contributed by atoms with van der Waals surface area (Å²) in [6.07, 6.45) is 8.03. The van der Waals surface area contributed by atoms with Gasteiger partial charge in [0.1, 0.15) is 0 Å². The molecule has 1 aliphatic carbocycles. The number of fused-ring (bicyclic) bond motifs is 1. The largest absolute Gasteiger partial charge is 0.325 e. The number of hydrogen-bond donors (Lipinski definition) is 1. The van der Waals surface area contributed by atoms with Crippen LogP contribution in [0.5, 0.6) is 0 Å². The van der Waals surface area contributed by atoms with Crippen LogP contribution in [-0.2, 0) is 13.5 Å². The second kappa shape index (κ2) is 3.28. The van der Waals surface area contributed by atoms with Crippen molar-refractivity contribution < 1.29 is 0 Å². The highest BCUT2D eigenvalue weighted by atomic mass is 15.3. The lowest BCUT2D eigenvalue weighted by atomic mass is 10.1. The van der Waals surface area contributed by atoms with E-state index < -0.39 is 0 Å². The highest BCUT2D eigenvalue weighted by Gasteiger charge is 2.37. The molecule has 0 atom stereocenters. The molecular weight excluding hydrogens is 200 g/mol. The van der Waals surface area contributed by atoms with E-state index in [1.54, 1.807) is 0 Å². The van der Waals surface area contributed by atoms with Crippen molar-refractivity contribution in [2.75, 3.05) is 0 Å². The first-order valence-electron chi connectivity index (χ1n) is 5.72. The maximum absolute atomic E-state index is 6.10. The van der Waals surface area contributed by atoms with Crippen LogP contribution in [0.3, 0.4) is 0 Å². The molecular formula is C12H16N4. The summed E-state index contributed by atoms with van der Waals surface area (Å²) in [5.74, 6) is 0. The number of pyridine rings is 1. The van der Waals surface area contributed by atoms with Gasteiger partial charge in [0.05, 0.1) is 17.4 Å². The fourth-order valence-electron chi connectivity index (χ4n) is 2.14. The molecule has 0 unspecified atom stereocenters.